The average molecular weight is 289 g/mol. The summed E-state index contributed by atoms with van der Waals surface area (Å²) in [6, 6.07) is 5.02. The predicted molar refractivity (Wildman–Crippen MR) is 63.7 cm³/mol. The van der Waals surface area contributed by atoms with Crippen molar-refractivity contribution in [1.82, 2.24) is 5.32 Å². The molecule has 8 heteroatoms. The maximum Gasteiger partial charge on any atom is 0.387 e. The molecule has 0 saturated carbocycles. The van der Waals surface area contributed by atoms with Gasteiger partial charge in [0.05, 0.1) is 0 Å². The first-order valence-corrected chi connectivity index (χ1v) is 5.64. The summed E-state index contributed by atoms with van der Waals surface area (Å²) in [6.45, 7) is -2.96. The third-order valence-electron chi connectivity index (χ3n) is 2.33. The lowest BCUT2D eigenvalue weighted by atomic mass is 10.2. The maximum atomic E-state index is 11.9. The quantitative estimate of drug-likeness (QED) is 0.691. The van der Waals surface area contributed by atoms with Crippen molar-refractivity contribution in [2.24, 2.45) is 0 Å². The number of amides is 1. The molecule has 0 saturated heterocycles. The van der Waals surface area contributed by atoms with Crippen LogP contribution in [-0.2, 0) is 4.79 Å². The summed E-state index contributed by atoms with van der Waals surface area (Å²) in [7, 11) is 0. The van der Waals surface area contributed by atoms with Crippen molar-refractivity contribution in [3.63, 3.8) is 0 Å². The molecule has 0 aromatic heterocycles. The Balaban J connectivity index is 2.45. The third-order valence-corrected chi connectivity index (χ3v) is 2.33. The van der Waals surface area contributed by atoms with Gasteiger partial charge in [-0.15, -0.1) is 0 Å². The molecular formula is C12H13F2NO5. The van der Waals surface area contributed by atoms with Gasteiger partial charge in [0, 0.05) is 18.5 Å². The molecule has 1 atom stereocenters. The van der Waals surface area contributed by atoms with Gasteiger partial charge in [0.1, 0.15) is 5.75 Å². The van der Waals surface area contributed by atoms with E-state index in [-0.39, 0.29) is 24.3 Å². The van der Waals surface area contributed by atoms with Gasteiger partial charge in [-0.3, -0.25) is 4.79 Å². The Hall–Kier alpha value is -2.22. The summed E-state index contributed by atoms with van der Waals surface area (Å²) < 4.78 is 28.0. The van der Waals surface area contributed by atoms with Gasteiger partial charge in [-0.05, 0) is 24.3 Å². The summed E-state index contributed by atoms with van der Waals surface area (Å²) in [5, 5.41) is 19.8. The van der Waals surface area contributed by atoms with Crippen molar-refractivity contribution < 1.29 is 33.3 Å². The molecule has 110 valence electrons. The molecule has 0 aliphatic heterocycles. The molecule has 0 radical (unpaired) electrons. The SMILES string of the molecule is O=C(NCC[C@H](O)C(=O)O)c1ccc(OC(F)F)cc1. The first-order chi connectivity index (χ1) is 9.40. The van der Waals surface area contributed by atoms with Gasteiger partial charge >= 0.3 is 12.6 Å². The number of hydrogen-bond acceptors (Lipinski definition) is 4. The number of aliphatic carboxylic acids is 1. The average Bonchev–Trinajstić information content (AvgIpc) is 2.38. The molecular weight excluding hydrogens is 276 g/mol. The normalized spacial score (nSPS) is 12.0. The Morgan fingerprint density at radius 1 is 1.25 bits per heavy atom. The zero-order valence-corrected chi connectivity index (χ0v) is 10.3. The number of alkyl halides is 2. The second-order valence-electron chi connectivity index (χ2n) is 3.80. The largest absolute Gasteiger partial charge is 0.479 e. The van der Waals surface area contributed by atoms with Crippen molar-refractivity contribution in [3.8, 4) is 5.75 Å². The highest BCUT2D eigenvalue weighted by Crippen LogP contribution is 2.14. The highest BCUT2D eigenvalue weighted by atomic mass is 19.3. The van der Waals surface area contributed by atoms with E-state index in [0.717, 1.165) is 0 Å². The molecule has 0 spiro atoms. The van der Waals surface area contributed by atoms with E-state index < -0.39 is 24.6 Å². The van der Waals surface area contributed by atoms with E-state index in [1.807, 2.05) is 0 Å². The number of aliphatic hydroxyl groups excluding tert-OH is 1. The van der Waals surface area contributed by atoms with Crippen LogP contribution in [-0.4, -0.2) is 41.3 Å². The number of benzene rings is 1. The highest BCUT2D eigenvalue weighted by molar-refractivity contribution is 5.94. The van der Waals surface area contributed by atoms with Crippen molar-refractivity contribution in [1.29, 1.82) is 0 Å². The van der Waals surface area contributed by atoms with E-state index in [1.165, 1.54) is 24.3 Å². The van der Waals surface area contributed by atoms with Gasteiger partial charge in [0.25, 0.3) is 5.91 Å². The lowest BCUT2D eigenvalue weighted by Gasteiger charge is -2.08. The van der Waals surface area contributed by atoms with Crippen LogP contribution < -0.4 is 10.1 Å². The number of carboxylic acids is 1. The Bertz CT molecular complexity index is 463. The summed E-state index contributed by atoms with van der Waals surface area (Å²) in [5.41, 5.74) is 0.205. The summed E-state index contributed by atoms with van der Waals surface area (Å²) in [6.07, 6.45) is -1.68. The molecule has 0 bridgehead atoms. The minimum Gasteiger partial charge on any atom is -0.479 e. The number of carbonyl (C=O) groups excluding carboxylic acids is 1. The van der Waals surface area contributed by atoms with E-state index in [4.69, 9.17) is 10.2 Å². The second-order valence-corrected chi connectivity index (χ2v) is 3.80. The standard InChI is InChI=1S/C12H13F2NO5/c13-12(14)20-8-3-1-7(2-4-8)10(17)15-6-5-9(16)11(18)19/h1-4,9,12,16H,5-6H2,(H,15,17)(H,18,19)/t9-/m0/s1. The number of hydrogen-bond donors (Lipinski definition) is 3. The number of halogens is 2. The molecule has 1 amide bonds. The molecule has 1 rings (SSSR count). The van der Waals surface area contributed by atoms with Crippen LogP contribution >= 0.6 is 0 Å². The number of carboxylic acid groups (broad SMARTS) is 1. The molecule has 0 aliphatic rings. The van der Waals surface area contributed by atoms with Crippen molar-refractivity contribution in [3.05, 3.63) is 29.8 Å². The van der Waals surface area contributed by atoms with Crippen molar-refractivity contribution >= 4 is 11.9 Å². The van der Waals surface area contributed by atoms with Crippen LogP contribution in [0.3, 0.4) is 0 Å². The van der Waals surface area contributed by atoms with Gasteiger partial charge in [-0.2, -0.15) is 8.78 Å². The number of nitrogens with one attached hydrogen (secondary N) is 1. The fourth-order valence-corrected chi connectivity index (χ4v) is 1.34. The lowest BCUT2D eigenvalue weighted by molar-refractivity contribution is -0.146. The first kappa shape index (κ1) is 15.8. The summed E-state index contributed by atoms with van der Waals surface area (Å²) in [4.78, 5) is 21.9. The molecule has 0 aliphatic carbocycles. The van der Waals surface area contributed by atoms with Crippen molar-refractivity contribution in [2.75, 3.05) is 6.54 Å². The summed E-state index contributed by atoms with van der Waals surface area (Å²) in [5.74, 6) is -1.95. The van der Waals surface area contributed by atoms with Crippen LogP contribution in [0.1, 0.15) is 16.8 Å². The lowest BCUT2D eigenvalue weighted by Crippen LogP contribution is -2.30. The second kappa shape index (κ2) is 7.39. The summed E-state index contributed by atoms with van der Waals surface area (Å²) >= 11 is 0. The Kier molecular flexibility index (Phi) is 5.85. The van der Waals surface area contributed by atoms with E-state index in [9.17, 15) is 18.4 Å². The first-order valence-electron chi connectivity index (χ1n) is 5.64. The maximum absolute atomic E-state index is 11.9. The molecule has 20 heavy (non-hydrogen) atoms. The van der Waals surface area contributed by atoms with Gasteiger partial charge < -0.3 is 20.3 Å². The van der Waals surface area contributed by atoms with Crippen LogP contribution in [0.25, 0.3) is 0 Å². The fourth-order valence-electron chi connectivity index (χ4n) is 1.34. The predicted octanol–water partition coefficient (Wildman–Crippen LogP) is 0.853. The minimum absolute atomic E-state index is 0.0262. The number of ether oxygens (including phenoxy) is 1. The number of carbonyl (C=O) groups is 2. The molecule has 6 nitrogen and oxygen atoms in total. The van der Waals surface area contributed by atoms with Crippen LogP contribution in [0.15, 0.2) is 24.3 Å². The highest BCUT2D eigenvalue weighted by Gasteiger charge is 2.13. The smallest absolute Gasteiger partial charge is 0.387 e. The zero-order valence-electron chi connectivity index (χ0n) is 10.3. The topological polar surface area (TPSA) is 95.9 Å². The van der Waals surface area contributed by atoms with Gasteiger partial charge in [-0.1, -0.05) is 0 Å². The molecule has 1 aromatic carbocycles. The fraction of sp³-hybridized carbons (Fsp3) is 0.333. The molecule has 0 heterocycles. The number of aliphatic hydroxyl groups is 1. The van der Waals surface area contributed by atoms with Gasteiger partial charge in [0.2, 0.25) is 0 Å². The Labute approximate surface area is 113 Å². The monoisotopic (exact) mass is 289 g/mol. The van der Waals surface area contributed by atoms with E-state index in [2.05, 4.69) is 10.1 Å². The van der Waals surface area contributed by atoms with Gasteiger partial charge in [0.15, 0.2) is 6.10 Å². The zero-order chi connectivity index (χ0) is 15.1. The minimum atomic E-state index is -2.94. The van der Waals surface area contributed by atoms with Crippen LogP contribution in [0, 0.1) is 0 Å². The number of rotatable bonds is 7. The Morgan fingerprint density at radius 3 is 2.35 bits per heavy atom. The van der Waals surface area contributed by atoms with E-state index in [1.54, 1.807) is 0 Å². The van der Waals surface area contributed by atoms with Crippen LogP contribution in [0.4, 0.5) is 8.78 Å². The van der Waals surface area contributed by atoms with Crippen LogP contribution in [0.2, 0.25) is 0 Å². The third kappa shape index (κ3) is 5.19. The van der Waals surface area contributed by atoms with E-state index >= 15 is 0 Å². The van der Waals surface area contributed by atoms with Crippen molar-refractivity contribution in [2.45, 2.75) is 19.1 Å². The van der Waals surface area contributed by atoms with Crippen LogP contribution in [0.5, 0.6) is 5.75 Å². The molecule has 0 unspecified atom stereocenters. The molecule has 0 fully saturated rings. The molecule has 1 aromatic rings. The Morgan fingerprint density at radius 2 is 1.85 bits per heavy atom. The van der Waals surface area contributed by atoms with Gasteiger partial charge in [-0.25, -0.2) is 4.79 Å². The molecule has 3 N–H and O–H groups in total. The van der Waals surface area contributed by atoms with E-state index in [0.29, 0.717) is 0 Å².